The normalized spacial score (nSPS) is 25.4. The molecule has 18 heavy (non-hydrogen) atoms. The van der Waals surface area contributed by atoms with Crippen molar-refractivity contribution in [2.75, 3.05) is 24.6 Å². The molecule has 104 valence electrons. The molecule has 0 aromatic carbocycles. The molecule has 1 saturated carbocycles. The number of rotatable bonds is 1. The molecule has 2 amide bonds. The fourth-order valence-electron chi connectivity index (χ4n) is 2.65. The van der Waals surface area contributed by atoms with Gasteiger partial charge < -0.3 is 10.2 Å². The van der Waals surface area contributed by atoms with Crippen LogP contribution in [0.15, 0.2) is 0 Å². The molecule has 2 aliphatic rings. The van der Waals surface area contributed by atoms with Crippen LogP contribution in [-0.2, 0) is 9.84 Å². The Bertz CT molecular complexity index is 388. The van der Waals surface area contributed by atoms with E-state index in [9.17, 15) is 13.2 Å². The molecule has 0 radical (unpaired) electrons. The van der Waals surface area contributed by atoms with Crippen molar-refractivity contribution in [2.45, 2.75) is 44.6 Å². The van der Waals surface area contributed by atoms with Crippen LogP contribution >= 0.6 is 0 Å². The first-order valence-corrected chi connectivity index (χ1v) is 8.65. The molecule has 2 fully saturated rings. The third kappa shape index (κ3) is 3.86. The van der Waals surface area contributed by atoms with Crippen LogP contribution in [0.1, 0.15) is 38.5 Å². The molecule has 0 atom stereocenters. The lowest BCUT2D eigenvalue weighted by Crippen LogP contribution is -2.46. The second kappa shape index (κ2) is 5.91. The lowest BCUT2D eigenvalue weighted by Gasteiger charge is -2.27. The first kappa shape index (κ1) is 13.6. The Hall–Kier alpha value is -0.780. The number of carbonyl (C=O) groups is 1. The molecule has 6 heteroatoms. The van der Waals surface area contributed by atoms with Crippen molar-refractivity contribution in [3.05, 3.63) is 0 Å². The van der Waals surface area contributed by atoms with Gasteiger partial charge in [0, 0.05) is 19.1 Å². The summed E-state index contributed by atoms with van der Waals surface area (Å²) < 4.78 is 22.9. The number of carbonyl (C=O) groups excluding carboxylic acids is 1. The number of urea groups is 1. The second-order valence-corrected chi connectivity index (χ2v) is 7.58. The zero-order valence-electron chi connectivity index (χ0n) is 10.7. The number of nitrogens with one attached hydrogen (secondary N) is 1. The lowest BCUT2D eigenvalue weighted by molar-refractivity contribution is 0.194. The van der Waals surface area contributed by atoms with E-state index in [-0.39, 0.29) is 23.6 Å². The summed E-state index contributed by atoms with van der Waals surface area (Å²) in [5, 5.41) is 3.04. The van der Waals surface area contributed by atoms with Crippen LogP contribution in [0, 0.1) is 0 Å². The van der Waals surface area contributed by atoms with Crippen molar-refractivity contribution < 1.29 is 13.2 Å². The van der Waals surface area contributed by atoms with Gasteiger partial charge in [-0.25, -0.2) is 13.2 Å². The van der Waals surface area contributed by atoms with Crippen molar-refractivity contribution in [2.24, 2.45) is 0 Å². The van der Waals surface area contributed by atoms with E-state index in [4.69, 9.17) is 0 Å². The standard InChI is InChI=1S/C12H22N2O3S/c15-12(13-11-5-2-1-3-6-11)14-7-4-9-18(16,17)10-8-14/h11H,1-10H2,(H,13,15). The van der Waals surface area contributed by atoms with Crippen LogP contribution in [0.4, 0.5) is 4.79 Å². The van der Waals surface area contributed by atoms with E-state index >= 15 is 0 Å². The highest BCUT2D eigenvalue weighted by Crippen LogP contribution is 2.17. The van der Waals surface area contributed by atoms with Gasteiger partial charge in [0.1, 0.15) is 0 Å². The summed E-state index contributed by atoms with van der Waals surface area (Å²) in [7, 11) is -2.94. The average molecular weight is 274 g/mol. The third-order valence-corrected chi connectivity index (χ3v) is 5.49. The maximum absolute atomic E-state index is 12.1. The minimum Gasteiger partial charge on any atom is -0.335 e. The predicted molar refractivity (Wildman–Crippen MR) is 70.2 cm³/mol. The number of sulfone groups is 1. The molecular weight excluding hydrogens is 252 g/mol. The van der Waals surface area contributed by atoms with E-state index in [1.165, 1.54) is 19.3 Å². The quantitative estimate of drug-likeness (QED) is 0.780. The first-order valence-electron chi connectivity index (χ1n) is 6.83. The van der Waals surface area contributed by atoms with Gasteiger partial charge in [0.25, 0.3) is 0 Å². The summed E-state index contributed by atoms with van der Waals surface area (Å²) in [6, 6.07) is 0.199. The van der Waals surface area contributed by atoms with Crippen molar-refractivity contribution in [3.8, 4) is 0 Å². The van der Waals surface area contributed by atoms with E-state index in [0.29, 0.717) is 19.5 Å². The van der Waals surface area contributed by atoms with E-state index < -0.39 is 9.84 Å². The minimum absolute atomic E-state index is 0.0843. The van der Waals surface area contributed by atoms with Gasteiger partial charge in [0.05, 0.1) is 11.5 Å². The Labute approximate surface area is 109 Å². The highest BCUT2D eigenvalue weighted by atomic mass is 32.2. The summed E-state index contributed by atoms with van der Waals surface area (Å²) in [5.74, 6) is 0.311. The van der Waals surface area contributed by atoms with Crippen molar-refractivity contribution in [1.29, 1.82) is 0 Å². The van der Waals surface area contributed by atoms with E-state index in [1.807, 2.05) is 0 Å². The van der Waals surface area contributed by atoms with Crippen molar-refractivity contribution in [3.63, 3.8) is 0 Å². The first-order chi connectivity index (χ1) is 8.57. The molecular formula is C12H22N2O3S. The maximum atomic E-state index is 12.1. The monoisotopic (exact) mass is 274 g/mol. The van der Waals surface area contributed by atoms with Gasteiger partial charge in [-0.1, -0.05) is 19.3 Å². The molecule has 0 aromatic rings. The van der Waals surface area contributed by atoms with Gasteiger partial charge in [-0.15, -0.1) is 0 Å². The van der Waals surface area contributed by atoms with Crippen molar-refractivity contribution in [1.82, 2.24) is 10.2 Å². The molecule has 0 spiro atoms. The van der Waals surface area contributed by atoms with Crippen LogP contribution in [-0.4, -0.2) is 50.0 Å². The zero-order chi connectivity index (χ0) is 13.0. The highest BCUT2D eigenvalue weighted by molar-refractivity contribution is 7.91. The topological polar surface area (TPSA) is 66.5 Å². The van der Waals surface area contributed by atoms with Gasteiger partial charge in [-0.2, -0.15) is 0 Å². The largest absolute Gasteiger partial charge is 0.335 e. The van der Waals surface area contributed by atoms with E-state index in [1.54, 1.807) is 4.90 Å². The molecule has 2 rings (SSSR count). The number of amides is 2. The average Bonchev–Trinajstić information content (AvgIpc) is 2.51. The van der Waals surface area contributed by atoms with Crippen LogP contribution in [0.3, 0.4) is 0 Å². The third-order valence-electron chi connectivity index (χ3n) is 3.78. The molecule has 1 aliphatic heterocycles. The van der Waals surface area contributed by atoms with Crippen LogP contribution in [0.25, 0.3) is 0 Å². The Balaban J connectivity index is 1.84. The molecule has 1 aliphatic carbocycles. The fourth-order valence-corrected chi connectivity index (χ4v) is 3.93. The summed E-state index contributed by atoms with van der Waals surface area (Å²) >= 11 is 0. The molecule has 1 N–H and O–H groups in total. The molecule has 1 heterocycles. The smallest absolute Gasteiger partial charge is 0.317 e. The molecule has 5 nitrogen and oxygen atoms in total. The predicted octanol–water partition coefficient (Wildman–Crippen LogP) is 1.15. The summed E-state index contributed by atoms with van der Waals surface area (Å²) in [6.45, 7) is 0.888. The maximum Gasteiger partial charge on any atom is 0.317 e. The zero-order valence-corrected chi connectivity index (χ0v) is 11.5. The Morgan fingerprint density at radius 1 is 1.00 bits per heavy atom. The summed E-state index contributed by atoms with van der Waals surface area (Å²) in [6.07, 6.45) is 6.28. The van der Waals surface area contributed by atoms with Crippen LogP contribution < -0.4 is 5.32 Å². The number of hydrogen-bond acceptors (Lipinski definition) is 3. The molecule has 0 aromatic heterocycles. The van der Waals surface area contributed by atoms with Gasteiger partial charge in [-0.05, 0) is 19.3 Å². The number of hydrogen-bond donors (Lipinski definition) is 1. The van der Waals surface area contributed by atoms with Crippen LogP contribution in [0.2, 0.25) is 0 Å². The Kier molecular flexibility index (Phi) is 4.48. The fraction of sp³-hybridized carbons (Fsp3) is 0.917. The highest BCUT2D eigenvalue weighted by Gasteiger charge is 2.24. The molecule has 0 bridgehead atoms. The van der Waals surface area contributed by atoms with Gasteiger partial charge in [0.15, 0.2) is 9.84 Å². The van der Waals surface area contributed by atoms with Crippen molar-refractivity contribution >= 4 is 15.9 Å². The lowest BCUT2D eigenvalue weighted by atomic mass is 9.96. The Morgan fingerprint density at radius 2 is 1.72 bits per heavy atom. The van der Waals surface area contributed by atoms with Gasteiger partial charge in [-0.3, -0.25) is 0 Å². The SMILES string of the molecule is O=C(NC1CCCCC1)N1CCCS(=O)(=O)CC1. The second-order valence-electron chi connectivity index (χ2n) is 5.28. The summed E-state index contributed by atoms with van der Waals surface area (Å²) in [4.78, 5) is 13.7. The minimum atomic E-state index is -2.94. The van der Waals surface area contributed by atoms with Gasteiger partial charge >= 0.3 is 6.03 Å². The van der Waals surface area contributed by atoms with E-state index in [2.05, 4.69) is 5.32 Å². The number of nitrogens with zero attached hydrogens (tertiary/aromatic N) is 1. The van der Waals surface area contributed by atoms with E-state index in [0.717, 1.165) is 12.8 Å². The Morgan fingerprint density at radius 3 is 2.44 bits per heavy atom. The molecule has 1 saturated heterocycles. The summed E-state index contributed by atoms with van der Waals surface area (Å²) in [5.41, 5.74) is 0. The van der Waals surface area contributed by atoms with Gasteiger partial charge in [0.2, 0.25) is 0 Å². The molecule has 0 unspecified atom stereocenters. The van der Waals surface area contributed by atoms with Crippen LogP contribution in [0.5, 0.6) is 0 Å².